The molecular weight excluding hydrogens is 226 g/mol. The number of aromatic nitrogens is 2. The van der Waals surface area contributed by atoms with Crippen LogP contribution in [0.4, 0.5) is 5.69 Å². The largest absolute Gasteiger partial charge is 0.314 e. The second-order valence-electron chi connectivity index (χ2n) is 4.39. The molecule has 2 aromatic heterocycles. The molecule has 4 heteroatoms. The topological polar surface area (TPSA) is 46.1 Å². The van der Waals surface area contributed by atoms with E-state index in [9.17, 15) is 4.79 Å². The number of fused-ring (bicyclic) bond motifs is 1. The van der Waals surface area contributed by atoms with E-state index in [-0.39, 0.29) is 5.91 Å². The van der Waals surface area contributed by atoms with Crippen molar-refractivity contribution in [3.05, 3.63) is 42.4 Å². The zero-order valence-corrected chi connectivity index (χ0v) is 10.1. The van der Waals surface area contributed by atoms with Gasteiger partial charge in [0.05, 0.1) is 17.6 Å². The molecule has 0 radical (unpaired) electrons. The minimum Gasteiger partial charge on any atom is -0.314 e. The fraction of sp³-hybridized carbons (Fsp3) is 0.214. The number of hydrogen-bond acceptors (Lipinski definition) is 3. The molecule has 0 N–H and O–H groups in total. The van der Waals surface area contributed by atoms with Gasteiger partial charge in [-0.15, -0.1) is 0 Å². The van der Waals surface area contributed by atoms with E-state index in [0.717, 1.165) is 23.4 Å². The molecule has 1 amide bonds. The summed E-state index contributed by atoms with van der Waals surface area (Å²) in [5.41, 5.74) is 3.99. The molecule has 0 spiro atoms. The maximum atomic E-state index is 11.6. The van der Waals surface area contributed by atoms with Gasteiger partial charge in [-0.05, 0) is 30.2 Å². The minimum atomic E-state index is 0.151. The van der Waals surface area contributed by atoms with Gasteiger partial charge in [0.2, 0.25) is 5.91 Å². The lowest BCUT2D eigenvalue weighted by atomic mass is 10.0. The average molecular weight is 239 g/mol. The third-order valence-electron chi connectivity index (χ3n) is 3.27. The summed E-state index contributed by atoms with van der Waals surface area (Å²) in [7, 11) is 1.80. The van der Waals surface area contributed by atoms with E-state index in [1.807, 2.05) is 12.1 Å². The number of rotatable bonds is 1. The van der Waals surface area contributed by atoms with Gasteiger partial charge in [-0.2, -0.15) is 0 Å². The Labute approximate surface area is 105 Å². The van der Waals surface area contributed by atoms with Gasteiger partial charge in [0, 0.05) is 31.4 Å². The van der Waals surface area contributed by atoms with Crippen LogP contribution in [0.2, 0.25) is 0 Å². The van der Waals surface area contributed by atoms with Crippen LogP contribution in [0.15, 0.2) is 36.8 Å². The molecule has 2 aromatic rings. The number of carbonyl (C=O) groups is 1. The number of carbonyl (C=O) groups excluding carboxylic acids is 1. The third kappa shape index (κ3) is 1.76. The lowest BCUT2D eigenvalue weighted by Crippen LogP contribution is -2.31. The molecule has 0 unspecified atom stereocenters. The molecule has 0 fully saturated rings. The van der Waals surface area contributed by atoms with Crippen molar-refractivity contribution in [3.8, 4) is 11.3 Å². The smallest absolute Gasteiger partial charge is 0.227 e. The Kier molecular flexibility index (Phi) is 2.55. The highest BCUT2D eigenvalue weighted by Crippen LogP contribution is 2.29. The van der Waals surface area contributed by atoms with Crippen LogP contribution in [-0.4, -0.2) is 22.9 Å². The molecule has 0 saturated heterocycles. The molecule has 0 saturated carbocycles. The molecular formula is C14H13N3O. The summed E-state index contributed by atoms with van der Waals surface area (Å²) < 4.78 is 0. The number of pyridine rings is 2. The van der Waals surface area contributed by atoms with E-state index >= 15 is 0 Å². The summed E-state index contributed by atoms with van der Waals surface area (Å²) in [5.74, 6) is 0.151. The Morgan fingerprint density at radius 1 is 1.28 bits per heavy atom. The Balaban J connectivity index is 2.05. The third-order valence-corrected chi connectivity index (χ3v) is 3.27. The van der Waals surface area contributed by atoms with Crippen LogP contribution < -0.4 is 4.90 Å². The van der Waals surface area contributed by atoms with Crippen LogP contribution in [0.3, 0.4) is 0 Å². The predicted octanol–water partition coefficient (Wildman–Crippen LogP) is 2.05. The number of aryl methyl sites for hydroxylation is 1. The van der Waals surface area contributed by atoms with Crippen LogP contribution in [0.25, 0.3) is 11.3 Å². The fourth-order valence-electron chi connectivity index (χ4n) is 2.21. The van der Waals surface area contributed by atoms with Crippen LogP contribution in [0.1, 0.15) is 12.0 Å². The Morgan fingerprint density at radius 3 is 2.94 bits per heavy atom. The Morgan fingerprint density at radius 2 is 2.17 bits per heavy atom. The fourth-order valence-corrected chi connectivity index (χ4v) is 2.21. The van der Waals surface area contributed by atoms with Gasteiger partial charge in [-0.25, -0.2) is 0 Å². The van der Waals surface area contributed by atoms with Crippen molar-refractivity contribution in [2.24, 2.45) is 0 Å². The molecule has 1 aliphatic heterocycles. The Hall–Kier alpha value is -2.23. The molecule has 0 aromatic carbocycles. The van der Waals surface area contributed by atoms with Crippen LogP contribution in [-0.2, 0) is 11.2 Å². The molecule has 1 aliphatic rings. The lowest BCUT2D eigenvalue weighted by molar-refractivity contribution is -0.118. The van der Waals surface area contributed by atoms with Crippen molar-refractivity contribution < 1.29 is 4.79 Å². The van der Waals surface area contributed by atoms with Crippen LogP contribution >= 0.6 is 0 Å². The second-order valence-corrected chi connectivity index (χ2v) is 4.39. The molecule has 0 aliphatic carbocycles. The minimum absolute atomic E-state index is 0.151. The van der Waals surface area contributed by atoms with E-state index in [0.29, 0.717) is 6.42 Å². The van der Waals surface area contributed by atoms with Crippen molar-refractivity contribution in [1.82, 2.24) is 9.97 Å². The highest BCUT2D eigenvalue weighted by Gasteiger charge is 2.21. The number of nitrogens with zero attached hydrogens (tertiary/aromatic N) is 3. The molecule has 0 bridgehead atoms. The van der Waals surface area contributed by atoms with Gasteiger partial charge in [-0.3, -0.25) is 14.8 Å². The summed E-state index contributed by atoms with van der Waals surface area (Å²) in [6, 6.07) is 5.93. The van der Waals surface area contributed by atoms with Crippen molar-refractivity contribution >= 4 is 11.6 Å². The molecule has 18 heavy (non-hydrogen) atoms. The monoisotopic (exact) mass is 239 g/mol. The highest BCUT2D eigenvalue weighted by atomic mass is 16.2. The van der Waals surface area contributed by atoms with Gasteiger partial charge >= 0.3 is 0 Å². The number of anilines is 1. The normalized spacial score (nSPS) is 14.5. The first-order valence-electron chi connectivity index (χ1n) is 5.91. The first kappa shape index (κ1) is 10.9. The molecule has 3 heterocycles. The first-order chi connectivity index (χ1) is 8.75. The Bertz CT molecular complexity index is 595. The first-order valence-corrected chi connectivity index (χ1v) is 5.91. The van der Waals surface area contributed by atoms with Crippen molar-refractivity contribution in [2.45, 2.75) is 12.8 Å². The van der Waals surface area contributed by atoms with Gasteiger partial charge in [-0.1, -0.05) is 0 Å². The molecule has 0 atom stereocenters. The van der Waals surface area contributed by atoms with E-state index in [1.54, 1.807) is 30.5 Å². The quantitative estimate of drug-likeness (QED) is 0.765. The van der Waals surface area contributed by atoms with Gasteiger partial charge in [0.1, 0.15) is 0 Å². The maximum absolute atomic E-state index is 11.6. The highest BCUT2D eigenvalue weighted by molar-refractivity contribution is 5.95. The SMILES string of the molecule is CN1C(=O)CCc2cc(-c3cccnc3)ncc21. The lowest BCUT2D eigenvalue weighted by Gasteiger charge is -2.25. The summed E-state index contributed by atoms with van der Waals surface area (Å²) >= 11 is 0. The van der Waals surface area contributed by atoms with Gasteiger partial charge < -0.3 is 4.90 Å². The van der Waals surface area contributed by atoms with E-state index in [4.69, 9.17) is 0 Å². The predicted molar refractivity (Wildman–Crippen MR) is 69.2 cm³/mol. The van der Waals surface area contributed by atoms with Crippen molar-refractivity contribution in [3.63, 3.8) is 0 Å². The van der Waals surface area contributed by atoms with Crippen molar-refractivity contribution in [2.75, 3.05) is 11.9 Å². The zero-order chi connectivity index (χ0) is 12.5. The van der Waals surface area contributed by atoms with Gasteiger partial charge in [0.25, 0.3) is 0 Å². The average Bonchev–Trinajstić information content (AvgIpc) is 2.44. The number of hydrogen-bond donors (Lipinski definition) is 0. The second kappa shape index (κ2) is 4.22. The molecule has 4 nitrogen and oxygen atoms in total. The van der Waals surface area contributed by atoms with Crippen molar-refractivity contribution in [1.29, 1.82) is 0 Å². The van der Waals surface area contributed by atoms with E-state index < -0.39 is 0 Å². The van der Waals surface area contributed by atoms with E-state index in [1.165, 1.54) is 5.56 Å². The maximum Gasteiger partial charge on any atom is 0.227 e. The van der Waals surface area contributed by atoms with Gasteiger partial charge in [0.15, 0.2) is 0 Å². The zero-order valence-electron chi connectivity index (χ0n) is 10.1. The summed E-state index contributed by atoms with van der Waals surface area (Å²) in [6.07, 6.45) is 6.67. The van der Waals surface area contributed by atoms with Crippen LogP contribution in [0, 0.1) is 0 Å². The summed E-state index contributed by atoms with van der Waals surface area (Å²) in [4.78, 5) is 21.8. The summed E-state index contributed by atoms with van der Waals surface area (Å²) in [5, 5.41) is 0. The molecule has 3 rings (SSSR count). The van der Waals surface area contributed by atoms with E-state index in [2.05, 4.69) is 16.0 Å². The molecule has 90 valence electrons. The number of amides is 1. The van der Waals surface area contributed by atoms with Crippen LogP contribution in [0.5, 0.6) is 0 Å². The summed E-state index contributed by atoms with van der Waals surface area (Å²) in [6.45, 7) is 0. The standard InChI is InChI=1S/C14H13N3O/c1-17-13-9-16-12(11-3-2-6-15-8-11)7-10(13)4-5-14(17)18/h2-3,6-9H,4-5H2,1H3.